The maximum atomic E-state index is 8.87. The predicted molar refractivity (Wildman–Crippen MR) is 135 cm³/mol. The first-order valence-electron chi connectivity index (χ1n) is 11.3. The van der Waals surface area contributed by atoms with E-state index in [1.807, 2.05) is 0 Å². The molecule has 166 valence electrons. The molecule has 2 aliphatic rings. The van der Waals surface area contributed by atoms with Gasteiger partial charge in [-0.3, -0.25) is 0 Å². The summed E-state index contributed by atoms with van der Waals surface area (Å²) < 4.78 is 5.75. The van der Waals surface area contributed by atoms with E-state index in [4.69, 9.17) is 9.84 Å². The molecular formula is C24H43BO2S2. The van der Waals surface area contributed by atoms with Crippen molar-refractivity contribution in [3.8, 4) is 0 Å². The maximum Gasteiger partial charge on any atom is 0.120 e. The molecule has 2 bridgehead atoms. The summed E-state index contributed by atoms with van der Waals surface area (Å²) in [5.74, 6) is 2.00. The van der Waals surface area contributed by atoms with Gasteiger partial charge in [0.2, 0.25) is 0 Å². The van der Waals surface area contributed by atoms with Crippen molar-refractivity contribution in [3.05, 3.63) is 24.3 Å². The standard InChI is InChI=1S/C24H43BO2S2/c1-24(25,15-6-17-27-18-16-26)29(4,5)22-13-11-21(12-14-22)28(2,3)23-19-7-8-20(23)10-9-19/h11-14,19-20,23,26H,6-10,15-18,25H2,1-5H3. The fraction of sp³-hybridized carbons (Fsp3) is 0.750. The molecule has 3 rings (SSSR count). The Morgan fingerprint density at radius 1 is 0.966 bits per heavy atom. The van der Waals surface area contributed by atoms with Crippen LogP contribution >= 0.6 is 20.1 Å². The Kier molecular flexibility index (Phi) is 7.46. The number of benzene rings is 1. The van der Waals surface area contributed by atoms with Gasteiger partial charge in [0.15, 0.2) is 0 Å². The highest BCUT2D eigenvalue weighted by Gasteiger charge is 2.47. The van der Waals surface area contributed by atoms with E-state index >= 15 is 0 Å². The molecular weight excluding hydrogens is 395 g/mol. The highest BCUT2D eigenvalue weighted by molar-refractivity contribution is 8.34. The zero-order chi connectivity index (χ0) is 21.3. The van der Waals surface area contributed by atoms with Gasteiger partial charge in [-0.2, -0.15) is 0 Å². The molecule has 0 aliphatic heterocycles. The van der Waals surface area contributed by atoms with E-state index < -0.39 is 20.1 Å². The van der Waals surface area contributed by atoms with Crippen LogP contribution in [0.3, 0.4) is 0 Å². The third-order valence-corrected chi connectivity index (χ3v) is 16.2. The minimum atomic E-state index is -0.917. The minimum absolute atomic E-state index is 0.118. The maximum absolute atomic E-state index is 8.87. The Morgan fingerprint density at radius 2 is 1.48 bits per heavy atom. The second kappa shape index (κ2) is 9.18. The van der Waals surface area contributed by atoms with Crippen LogP contribution in [0.15, 0.2) is 34.1 Å². The molecule has 0 saturated heterocycles. The van der Waals surface area contributed by atoms with E-state index in [9.17, 15) is 0 Å². The molecule has 2 fully saturated rings. The quantitative estimate of drug-likeness (QED) is 0.418. The first-order valence-corrected chi connectivity index (χ1v) is 16.3. The first kappa shape index (κ1) is 23.6. The van der Waals surface area contributed by atoms with Crippen LogP contribution in [0.4, 0.5) is 0 Å². The molecule has 1 aromatic carbocycles. The summed E-state index contributed by atoms with van der Waals surface area (Å²) in [7, 11) is 0.784. The lowest BCUT2D eigenvalue weighted by atomic mass is 9.84. The van der Waals surface area contributed by atoms with Gasteiger partial charge in [-0.15, -0.1) is 0 Å². The molecule has 2 nitrogen and oxygen atoms in total. The van der Waals surface area contributed by atoms with Crippen LogP contribution in [0.25, 0.3) is 0 Å². The van der Waals surface area contributed by atoms with Crippen LogP contribution < -0.4 is 0 Å². The Bertz CT molecular complexity index is 652. The van der Waals surface area contributed by atoms with Crippen LogP contribution in [0.2, 0.25) is 0 Å². The second-order valence-electron chi connectivity index (χ2n) is 10.5. The Labute approximate surface area is 183 Å². The summed E-state index contributed by atoms with van der Waals surface area (Å²) >= 11 is 0. The topological polar surface area (TPSA) is 29.5 Å². The van der Waals surface area contributed by atoms with Crippen molar-refractivity contribution in [2.45, 2.75) is 65.1 Å². The first-order chi connectivity index (χ1) is 13.6. The van der Waals surface area contributed by atoms with Gasteiger partial charge in [-0.1, -0.05) is 6.92 Å². The van der Waals surface area contributed by atoms with E-state index in [1.165, 1.54) is 30.6 Å². The van der Waals surface area contributed by atoms with Crippen LogP contribution in [-0.2, 0) is 4.74 Å². The zero-order valence-electron chi connectivity index (χ0n) is 19.6. The molecule has 2 aliphatic carbocycles. The molecule has 29 heavy (non-hydrogen) atoms. The van der Waals surface area contributed by atoms with Crippen LogP contribution in [0.1, 0.15) is 45.4 Å². The van der Waals surface area contributed by atoms with Gasteiger partial charge in [0.05, 0.1) is 13.2 Å². The summed E-state index contributed by atoms with van der Waals surface area (Å²) in [5.41, 5.74) is 0. The van der Waals surface area contributed by atoms with Gasteiger partial charge >= 0.3 is 0 Å². The van der Waals surface area contributed by atoms with E-state index in [1.54, 1.807) is 4.90 Å². The molecule has 1 N–H and O–H groups in total. The summed E-state index contributed by atoms with van der Waals surface area (Å²) in [5, 5.41) is 9.83. The normalized spacial score (nSPS) is 27.7. The Balaban J connectivity index is 1.69. The zero-order valence-corrected chi connectivity index (χ0v) is 21.2. The van der Waals surface area contributed by atoms with Crippen molar-refractivity contribution in [1.82, 2.24) is 0 Å². The summed E-state index contributed by atoms with van der Waals surface area (Å²) in [6.45, 7) is 3.75. The van der Waals surface area contributed by atoms with Crippen molar-refractivity contribution in [2.75, 3.05) is 44.8 Å². The molecule has 0 radical (unpaired) electrons. The van der Waals surface area contributed by atoms with Crippen molar-refractivity contribution >= 4 is 27.9 Å². The summed E-state index contributed by atoms with van der Waals surface area (Å²) in [4.78, 5) is 3.16. The van der Waals surface area contributed by atoms with E-state index in [0.717, 1.165) is 36.5 Å². The number of aliphatic hydroxyl groups excluding tert-OH is 1. The number of aliphatic hydroxyl groups is 1. The van der Waals surface area contributed by atoms with E-state index in [-0.39, 0.29) is 11.3 Å². The Morgan fingerprint density at radius 3 is 2.00 bits per heavy atom. The lowest BCUT2D eigenvalue weighted by Crippen LogP contribution is -2.32. The summed E-state index contributed by atoms with van der Waals surface area (Å²) in [6, 6.07) is 9.88. The third-order valence-electron chi connectivity index (χ3n) is 8.13. The largest absolute Gasteiger partial charge is 0.394 e. The average Bonchev–Trinajstić information content (AvgIpc) is 3.29. The second-order valence-corrected chi connectivity index (χ2v) is 18.6. The molecule has 5 heteroatoms. The van der Waals surface area contributed by atoms with Crippen molar-refractivity contribution in [2.24, 2.45) is 11.8 Å². The lowest BCUT2D eigenvalue weighted by Gasteiger charge is -2.48. The van der Waals surface area contributed by atoms with Crippen LogP contribution in [0.5, 0.6) is 0 Å². The highest BCUT2D eigenvalue weighted by Crippen LogP contribution is 2.67. The van der Waals surface area contributed by atoms with Gasteiger partial charge < -0.3 is 9.84 Å². The lowest BCUT2D eigenvalue weighted by molar-refractivity contribution is 0.0895. The smallest absolute Gasteiger partial charge is 0.120 e. The number of fused-ring (bicyclic) bond motifs is 2. The SMILES string of the molecule is BC(C)(CCCOCCO)S(C)(C)c1ccc(S(C)(C)C2C3CCC2CC3)cc1. The monoisotopic (exact) mass is 438 g/mol. The summed E-state index contributed by atoms with van der Waals surface area (Å²) in [6.07, 6.45) is 18.3. The average molecular weight is 439 g/mol. The van der Waals surface area contributed by atoms with Crippen molar-refractivity contribution in [3.63, 3.8) is 0 Å². The van der Waals surface area contributed by atoms with Crippen LogP contribution in [-0.4, -0.2) is 67.7 Å². The fourth-order valence-electron chi connectivity index (χ4n) is 5.78. The van der Waals surface area contributed by atoms with E-state index in [2.05, 4.69) is 64.1 Å². The number of hydrogen-bond donors (Lipinski definition) is 1. The van der Waals surface area contributed by atoms with Gasteiger partial charge in [-0.05, 0) is 119 Å². The van der Waals surface area contributed by atoms with Gasteiger partial charge in [-0.25, -0.2) is 20.1 Å². The predicted octanol–water partition coefficient (Wildman–Crippen LogP) is 4.86. The molecule has 0 aromatic heterocycles. The van der Waals surface area contributed by atoms with Crippen molar-refractivity contribution in [1.29, 1.82) is 0 Å². The molecule has 2 saturated carbocycles. The van der Waals surface area contributed by atoms with Gasteiger partial charge in [0.1, 0.15) is 7.85 Å². The molecule has 0 amide bonds. The molecule has 0 spiro atoms. The molecule has 0 heterocycles. The molecule has 1 atom stereocenters. The molecule has 1 aromatic rings. The minimum Gasteiger partial charge on any atom is -0.394 e. The van der Waals surface area contributed by atoms with Crippen LogP contribution in [0, 0.1) is 11.8 Å². The van der Waals surface area contributed by atoms with E-state index in [0.29, 0.717) is 6.61 Å². The third kappa shape index (κ3) is 4.73. The van der Waals surface area contributed by atoms with Crippen molar-refractivity contribution < 1.29 is 9.84 Å². The van der Waals surface area contributed by atoms with Gasteiger partial charge in [0.25, 0.3) is 0 Å². The highest BCUT2D eigenvalue weighted by atomic mass is 32.3. The fourth-order valence-corrected chi connectivity index (χ4v) is 11.5. The number of hydrogen-bond acceptors (Lipinski definition) is 2. The Hall–Kier alpha value is -0.0951. The number of rotatable bonds is 10. The van der Waals surface area contributed by atoms with Gasteiger partial charge in [0, 0.05) is 6.61 Å². The molecule has 1 unspecified atom stereocenters. The number of ether oxygens (including phenoxy) is 1.